The number of carbonyl (C=O) groups is 3. The lowest BCUT2D eigenvalue weighted by Crippen LogP contribution is -2.70. The number of hydrogen-bond acceptors (Lipinski definition) is 8. The summed E-state index contributed by atoms with van der Waals surface area (Å²) in [5.74, 6) is -2.51. The second-order valence-corrected chi connectivity index (χ2v) is 15.4. The molecule has 1 aliphatic rings. The highest BCUT2D eigenvalue weighted by molar-refractivity contribution is 6.74. The summed E-state index contributed by atoms with van der Waals surface area (Å²) >= 11 is 0. The average Bonchev–Trinajstić information content (AvgIpc) is 2.73. The Bertz CT molecular complexity index is 1030. The quantitative estimate of drug-likeness (QED) is 0.111. The first kappa shape index (κ1) is 29.2. The van der Waals surface area contributed by atoms with E-state index in [1.54, 1.807) is 13.8 Å². The lowest BCUT2D eigenvalue weighted by atomic mass is 9.87. The lowest BCUT2D eigenvalue weighted by Gasteiger charge is -2.52. The molecule has 36 heavy (non-hydrogen) atoms. The molecule has 1 aromatic carbocycles. The molecular weight excluding hydrogens is 484 g/mol. The van der Waals surface area contributed by atoms with Crippen molar-refractivity contribution in [3.05, 3.63) is 52.1 Å². The van der Waals surface area contributed by atoms with E-state index < -0.39 is 55.4 Å². The van der Waals surface area contributed by atoms with Crippen molar-refractivity contribution < 1.29 is 33.2 Å². The normalized spacial score (nSPS) is 19.7. The lowest BCUT2D eigenvalue weighted by molar-refractivity contribution is -0.384. The largest absolute Gasteiger partial charge is 0.459 e. The number of amides is 1. The molecular formula is C25H36N2O8Si. The van der Waals surface area contributed by atoms with Crippen LogP contribution in [0, 0.1) is 16.0 Å². The molecule has 2 unspecified atom stereocenters. The first-order valence-corrected chi connectivity index (χ1v) is 14.6. The first-order chi connectivity index (χ1) is 16.5. The van der Waals surface area contributed by atoms with Gasteiger partial charge in [-0.2, -0.15) is 0 Å². The average molecular weight is 521 g/mol. The van der Waals surface area contributed by atoms with Gasteiger partial charge in [0.25, 0.3) is 5.69 Å². The van der Waals surface area contributed by atoms with Crippen molar-refractivity contribution in [1.29, 1.82) is 0 Å². The summed E-state index contributed by atoms with van der Waals surface area (Å²) in [6.45, 7) is 18.7. The molecule has 0 bridgehead atoms. The molecule has 1 heterocycles. The predicted molar refractivity (Wildman–Crippen MR) is 135 cm³/mol. The van der Waals surface area contributed by atoms with Crippen molar-refractivity contribution >= 4 is 31.9 Å². The molecule has 2 rings (SSSR count). The zero-order chi connectivity index (χ0) is 27.6. The van der Waals surface area contributed by atoms with Crippen LogP contribution in [-0.2, 0) is 34.9 Å². The number of hydrogen-bond donors (Lipinski definition) is 0. The van der Waals surface area contributed by atoms with Gasteiger partial charge in [-0.05, 0) is 55.2 Å². The number of nitrogens with zero attached hydrogens (tertiary/aromatic N) is 2. The number of esters is 2. The maximum absolute atomic E-state index is 13.3. The Labute approximate surface area is 212 Å². The molecule has 0 N–H and O–H groups in total. The maximum atomic E-state index is 13.3. The third-order valence-electron chi connectivity index (χ3n) is 6.70. The van der Waals surface area contributed by atoms with E-state index in [-0.39, 0.29) is 17.3 Å². The number of non-ortho nitro benzene ring substituents is 1. The summed E-state index contributed by atoms with van der Waals surface area (Å²) in [5, 5.41) is 10.7. The van der Waals surface area contributed by atoms with Gasteiger partial charge in [0.1, 0.15) is 12.5 Å². The standard InChI is InChI=1S/C25H36N2O8Si/c1-15(2)21(24(30)33-14-18-10-12-19(13-11-18)27(31)32)26-22(29)20(23(26)34-17(4)28)16(3)35-36(8,9)25(5,6)7/h10-13,16,20-21,23H,1,14H2,2-9H3/t16-,20?,21-,23?/m1/s1. The van der Waals surface area contributed by atoms with E-state index in [2.05, 4.69) is 40.4 Å². The van der Waals surface area contributed by atoms with Gasteiger partial charge in [-0.3, -0.25) is 24.6 Å². The van der Waals surface area contributed by atoms with Gasteiger partial charge in [0.15, 0.2) is 20.6 Å². The molecule has 0 aliphatic carbocycles. The number of benzene rings is 1. The fraction of sp³-hybridized carbons (Fsp3) is 0.560. The topological polar surface area (TPSA) is 125 Å². The van der Waals surface area contributed by atoms with Crippen LogP contribution in [0.15, 0.2) is 36.4 Å². The molecule has 0 saturated carbocycles. The maximum Gasteiger partial charge on any atom is 0.333 e. The van der Waals surface area contributed by atoms with Crippen molar-refractivity contribution in [2.45, 2.75) is 84.7 Å². The summed E-state index contributed by atoms with van der Waals surface area (Å²) in [5.41, 5.74) is 0.793. The molecule has 1 fully saturated rings. The van der Waals surface area contributed by atoms with Gasteiger partial charge in [0.05, 0.1) is 11.0 Å². The molecule has 1 amide bonds. The van der Waals surface area contributed by atoms with Crippen molar-refractivity contribution in [3.8, 4) is 0 Å². The van der Waals surface area contributed by atoms with Crippen LogP contribution in [0.5, 0.6) is 0 Å². The molecule has 0 spiro atoms. The van der Waals surface area contributed by atoms with E-state index in [4.69, 9.17) is 13.9 Å². The molecule has 4 atom stereocenters. The van der Waals surface area contributed by atoms with E-state index >= 15 is 0 Å². The minimum atomic E-state index is -2.23. The Morgan fingerprint density at radius 2 is 1.75 bits per heavy atom. The third kappa shape index (κ3) is 6.38. The SMILES string of the molecule is C=C(C)[C@H](C(=O)OCc1ccc([N+](=O)[O-])cc1)N1C(=O)C([C@@H](C)O[Si](C)(C)C(C)(C)C)C1OC(C)=O. The molecule has 1 aliphatic heterocycles. The van der Waals surface area contributed by atoms with Crippen LogP contribution < -0.4 is 0 Å². The fourth-order valence-corrected chi connectivity index (χ4v) is 5.16. The second-order valence-electron chi connectivity index (χ2n) is 10.6. The summed E-state index contributed by atoms with van der Waals surface area (Å²) in [7, 11) is -2.23. The number of carbonyl (C=O) groups excluding carboxylic acids is 3. The van der Waals surface area contributed by atoms with Crippen LogP contribution in [0.2, 0.25) is 18.1 Å². The zero-order valence-corrected chi connectivity index (χ0v) is 23.2. The fourth-order valence-electron chi connectivity index (χ4n) is 3.73. The van der Waals surface area contributed by atoms with Crippen LogP contribution in [-0.4, -0.2) is 54.4 Å². The van der Waals surface area contributed by atoms with Crippen LogP contribution in [0.4, 0.5) is 5.69 Å². The predicted octanol–water partition coefficient (Wildman–Crippen LogP) is 4.34. The molecule has 0 radical (unpaired) electrons. The van der Waals surface area contributed by atoms with Gasteiger partial charge < -0.3 is 13.9 Å². The minimum absolute atomic E-state index is 0.0830. The Hall–Kier alpha value is -3.05. The first-order valence-electron chi connectivity index (χ1n) is 11.7. The van der Waals surface area contributed by atoms with Gasteiger partial charge in [0.2, 0.25) is 5.91 Å². The summed E-state index contributed by atoms with van der Waals surface area (Å²) in [4.78, 5) is 49.7. The van der Waals surface area contributed by atoms with Crippen molar-refractivity contribution in [2.75, 3.05) is 0 Å². The highest BCUT2D eigenvalue weighted by Crippen LogP contribution is 2.41. The third-order valence-corrected chi connectivity index (χ3v) is 11.3. The smallest absolute Gasteiger partial charge is 0.333 e. The molecule has 1 saturated heterocycles. The number of likely N-dealkylation sites (tertiary alicyclic amines) is 1. The molecule has 0 aromatic heterocycles. The Kier molecular flexibility index (Phi) is 8.85. The second kappa shape index (κ2) is 10.9. The minimum Gasteiger partial charge on any atom is -0.459 e. The van der Waals surface area contributed by atoms with Crippen LogP contribution in [0.1, 0.15) is 47.1 Å². The van der Waals surface area contributed by atoms with Gasteiger partial charge in [-0.25, -0.2) is 4.79 Å². The summed E-state index contributed by atoms with van der Waals surface area (Å²) < 4.78 is 17.3. The van der Waals surface area contributed by atoms with Crippen LogP contribution in [0.3, 0.4) is 0 Å². The number of ether oxygens (including phenoxy) is 2. The molecule has 11 heteroatoms. The number of rotatable bonds is 10. The van der Waals surface area contributed by atoms with Crippen LogP contribution >= 0.6 is 0 Å². The molecule has 10 nitrogen and oxygen atoms in total. The van der Waals surface area contributed by atoms with Crippen molar-refractivity contribution in [3.63, 3.8) is 0 Å². The number of nitro groups is 1. The molecule has 1 aromatic rings. The monoisotopic (exact) mass is 520 g/mol. The van der Waals surface area contributed by atoms with Gasteiger partial charge in [-0.15, -0.1) is 0 Å². The van der Waals surface area contributed by atoms with E-state index in [1.807, 2.05) is 0 Å². The zero-order valence-electron chi connectivity index (χ0n) is 22.2. The Morgan fingerprint density at radius 3 is 2.19 bits per heavy atom. The molecule has 198 valence electrons. The van der Waals surface area contributed by atoms with Crippen molar-refractivity contribution in [2.24, 2.45) is 5.92 Å². The van der Waals surface area contributed by atoms with Gasteiger partial charge >= 0.3 is 11.9 Å². The summed E-state index contributed by atoms with van der Waals surface area (Å²) in [6.07, 6.45) is -1.55. The highest BCUT2D eigenvalue weighted by atomic mass is 28.4. The summed E-state index contributed by atoms with van der Waals surface area (Å²) in [6, 6.07) is 4.41. The Morgan fingerprint density at radius 1 is 1.19 bits per heavy atom. The van der Waals surface area contributed by atoms with E-state index in [0.29, 0.717) is 11.1 Å². The van der Waals surface area contributed by atoms with Gasteiger partial charge in [0, 0.05) is 19.1 Å². The van der Waals surface area contributed by atoms with E-state index in [9.17, 15) is 24.5 Å². The van der Waals surface area contributed by atoms with E-state index in [1.165, 1.54) is 36.1 Å². The highest BCUT2D eigenvalue weighted by Gasteiger charge is 2.58. The number of nitro benzene ring substituents is 1. The van der Waals surface area contributed by atoms with Gasteiger partial charge in [-0.1, -0.05) is 27.4 Å². The van der Waals surface area contributed by atoms with E-state index in [0.717, 1.165) is 0 Å². The number of β-lactam (4-membered cyclic amide) rings is 1. The Balaban J connectivity index is 2.22. The van der Waals surface area contributed by atoms with Crippen LogP contribution in [0.25, 0.3) is 0 Å². The van der Waals surface area contributed by atoms with Crippen molar-refractivity contribution in [1.82, 2.24) is 4.90 Å².